The average molecular weight is 307 g/mol. The summed E-state index contributed by atoms with van der Waals surface area (Å²) in [7, 11) is 0. The van der Waals surface area contributed by atoms with Crippen LogP contribution in [0.4, 0.5) is 0 Å². The number of carbonyl (C=O) groups excluding carboxylic acids is 1. The van der Waals surface area contributed by atoms with Gasteiger partial charge in [-0.1, -0.05) is 0 Å². The van der Waals surface area contributed by atoms with Crippen LogP contribution in [-0.4, -0.2) is 49.8 Å². The summed E-state index contributed by atoms with van der Waals surface area (Å²) >= 11 is 0. The summed E-state index contributed by atoms with van der Waals surface area (Å²) in [6.07, 6.45) is 3.16. The van der Waals surface area contributed by atoms with Crippen LogP contribution in [0.3, 0.4) is 0 Å². The van der Waals surface area contributed by atoms with Gasteiger partial charge in [-0.3, -0.25) is 4.79 Å². The SMILES string of the molecule is CCOC[C@]12CCCO[C@H]1CCN(C(=O)c1ccc(C)o1)C2. The first-order chi connectivity index (χ1) is 10.6. The van der Waals surface area contributed by atoms with Gasteiger partial charge in [-0.2, -0.15) is 0 Å². The van der Waals surface area contributed by atoms with Crippen LogP contribution in [0, 0.1) is 12.3 Å². The minimum Gasteiger partial charge on any atom is -0.456 e. The fourth-order valence-corrected chi connectivity index (χ4v) is 3.68. The van der Waals surface area contributed by atoms with Crippen molar-refractivity contribution >= 4 is 5.91 Å². The molecule has 2 atom stereocenters. The van der Waals surface area contributed by atoms with Crippen LogP contribution in [0.2, 0.25) is 0 Å². The molecule has 122 valence electrons. The van der Waals surface area contributed by atoms with Crippen molar-refractivity contribution in [1.82, 2.24) is 4.90 Å². The molecule has 1 aromatic heterocycles. The van der Waals surface area contributed by atoms with Crippen molar-refractivity contribution in [3.63, 3.8) is 0 Å². The van der Waals surface area contributed by atoms with Crippen LogP contribution in [0.25, 0.3) is 0 Å². The number of piperidine rings is 1. The molecule has 22 heavy (non-hydrogen) atoms. The molecule has 0 unspecified atom stereocenters. The first-order valence-corrected chi connectivity index (χ1v) is 8.20. The quantitative estimate of drug-likeness (QED) is 0.858. The number of hydrogen-bond acceptors (Lipinski definition) is 4. The lowest BCUT2D eigenvalue weighted by Gasteiger charge is -2.50. The van der Waals surface area contributed by atoms with E-state index in [4.69, 9.17) is 13.9 Å². The fraction of sp³-hybridized carbons (Fsp3) is 0.706. The van der Waals surface area contributed by atoms with Crippen LogP contribution >= 0.6 is 0 Å². The Labute approximate surface area is 131 Å². The number of hydrogen-bond donors (Lipinski definition) is 0. The zero-order valence-electron chi connectivity index (χ0n) is 13.5. The molecule has 0 spiro atoms. The van der Waals surface area contributed by atoms with Gasteiger partial charge in [-0.05, 0) is 45.2 Å². The monoisotopic (exact) mass is 307 g/mol. The van der Waals surface area contributed by atoms with Gasteiger partial charge >= 0.3 is 0 Å². The predicted octanol–water partition coefficient (Wildman–Crippen LogP) is 2.64. The summed E-state index contributed by atoms with van der Waals surface area (Å²) < 4.78 is 17.2. The van der Waals surface area contributed by atoms with Gasteiger partial charge in [0.05, 0.1) is 12.7 Å². The van der Waals surface area contributed by atoms with Crippen molar-refractivity contribution < 1.29 is 18.7 Å². The summed E-state index contributed by atoms with van der Waals surface area (Å²) in [4.78, 5) is 14.6. The Morgan fingerprint density at radius 1 is 1.50 bits per heavy atom. The number of likely N-dealkylation sites (tertiary alicyclic amines) is 1. The van der Waals surface area contributed by atoms with Gasteiger partial charge in [0.15, 0.2) is 5.76 Å². The number of fused-ring (bicyclic) bond motifs is 1. The van der Waals surface area contributed by atoms with E-state index in [1.165, 1.54) is 0 Å². The maximum absolute atomic E-state index is 12.7. The zero-order chi connectivity index (χ0) is 15.6. The molecule has 0 bridgehead atoms. The molecule has 3 heterocycles. The molecular formula is C17H25NO4. The van der Waals surface area contributed by atoms with Gasteiger partial charge in [-0.15, -0.1) is 0 Å². The van der Waals surface area contributed by atoms with E-state index in [1.807, 2.05) is 24.8 Å². The van der Waals surface area contributed by atoms with Crippen molar-refractivity contribution in [2.75, 3.05) is 32.9 Å². The third kappa shape index (κ3) is 2.92. The van der Waals surface area contributed by atoms with Crippen LogP contribution in [0.1, 0.15) is 42.5 Å². The smallest absolute Gasteiger partial charge is 0.289 e. The Bertz CT molecular complexity index is 526. The van der Waals surface area contributed by atoms with Crippen LogP contribution in [-0.2, 0) is 9.47 Å². The van der Waals surface area contributed by atoms with Gasteiger partial charge in [0.25, 0.3) is 5.91 Å². The van der Waals surface area contributed by atoms with Crippen molar-refractivity contribution in [3.05, 3.63) is 23.7 Å². The molecular weight excluding hydrogens is 282 g/mol. The lowest BCUT2D eigenvalue weighted by molar-refractivity contribution is -0.146. The number of rotatable bonds is 4. The summed E-state index contributed by atoms with van der Waals surface area (Å²) in [6.45, 7) is 7.45. The second-order valence-corrected chi connectivity index (χ2v) is 6.39. The van der Waals surface area contributed by atoms with Crippen molar-refractivity contribution in [1.29, 1.82) is 0 Å². The molecule has 5 nitrogen and oxygen atoms in total. The van der Waals surface area contributed by atoms with Crippen molar-refractivity contribution in [3.8, 4) is 0 Å². The van der Waals surface area contributed by atoms with E-state index in [0.29, 0.717) is 25.5 Å². The molecule has 2 aliphatic rings. The number of aryl methyl sites for hydroxylation is 1. The highest BCUT2D eigenvalue weighted by Gasteiger charge is 2.47. The van der Waals surface area contributed by atoms with E-state index in [-0.39, 0.29) is 17.4 Å². The standard InChI is InChI=1S/C17H25NO4/c1-3-20-12-17-8-4-10-21-15(17)7-9-18(11-17)16(19)14-6-5-13(2)22-14/h5-6,15H,3-4,7-12H2,1-2H3/t15-,17+/m0/s1. The number of furan rings is 1. The van der Waals surface area contributed by atoms with Crippen molar-refractivity contribution in [2.45, 2.75) is 39.2 Å². The fourth-order valence-electron chi connectivity index (χ4n) is 3.68. The molecule has 2 fully saturated rings. The molecule has 2 aliphatic heterocycles. The summed E-state index contributed by atoms with van der Waals surface area (Å²) in [5.41, 5.74) is -0.0657. The zero-order valence-corrected chi connectivity index (χ0v) is 13.5. The minimum atomic E-state index is -0.0657. The molecule has 1 amide bonds. The average Bonchev–Trinajstić information content (AvgIpc) is 2.98. The molecule has 3 rings (SSSR count). The van der Waals surface area contributed by atoms with Crippen LogP contribution < -0.4 is 0 Å². The topological polar surface area (TPSA) is 51.9 Å². The van der Waals surface area contributed by atoms with Gasteiger partial charge < -0.3 is 18.8 Å². The van der Waals surface area contributed by atoms with Gasteiger partial charge in [0.2, 0.25) is 0 Å². The molecule has 5 heteroatoms. The molecule has 0 aromatic carbocycles. The highest BCUT2D eigenvalue weighted by molar-refractivity contribution is 5.91. The van der Waals surface area contributed by atoms with E-state index < -0.39 is 0 Å². The summed E-state index contributed by atoms with van der Waals surface area (Å²) in [5.74, 6) is 1.18. The Hall–Kier alpha value is -1.33. The molecule has 1 aromatic rings. The third-order valence-electron chi connectivity index (χ3n) is 4.82. The second-order valence-electron chi connectivity index (χ2n) is 6.39. The summed E-state index contributed by atoms with van der Waals surface area (Å²) in [6, 6.07) is 3.59. The first kappa shape index (κ1) is 15.6. The molecule has 0 radical (unpaired) electrons. The number of carbonyl (C=O) groups is 1. The van der Waals surface area contributed by atoms with E-state index >= 15 is 0 Å². The van der Waals surface area contributed by atoms with E-state index in [0.717, 1.165) is 38.2 Å². The third-order valence-corrected chi connectivity index (χ3v) is 4.82. The largest absolute Gasteiger partial charge is 0.456 e. The van der Waals surface area contributed by atoms with Crippen LogP contribution in [0.15, 0.2) is 16.5 Å². The van der Waals surface area contributed by atoms with Gasteiger partial charge in [0.1, 0.15) is 5.76 Å². The van der Waals surface area contributed by atoms with Crippen molar-refractivity contribution in [2.24, 2.45) is 5.41 Å². The summed E-state index contributed by atoms with van der Waals surface area (Å²) in [5, 5.41) is 0. The second kappa shape index (κ2) is 6.42. The Kier molecular flexibility index (Phi) is 4.54. The van der Waals surface area contributed by atoms with Gasteiger partial charge in [-0.25, -0.2) is 0 Å². The van der Waals surface area contributed by atoms with E-state index in [2.05, 4.69) is 0 Å². The number of amides is 1. The molecule has 2 saturated heterocycles. The van der Waals surface area contributed by atoms with Gasteiger partial charge in [0, 0.05) is 31.7 Å². The Balaban J connectivity index is 1.76. The molecule has 0 N–H and O–H groups in total. The van der Waals surface area contributed by atoms with Crippen LogP contribution in [0.5, 0.6) is 0 Å². The Morgan fingerprint density at radius 2 is 2.36 bits per heavy atom. The van der Waals surface area contributed by atoms with E-state index in [9.17, 15) is 4.79 Å². The minimum absolute atomic E-state index is 0.0204. The maximum Gasteiger partial charge on any atom is 0.289 e. The predicted molar refractivity (Wildman–Crippen MR) is 81.9 cm³/mol. The maximum atomic E-state index is 12.7. The normalized spacial score (nSPS) is 28.5. The molecule has 0 saturated carbocycles. The number of ether oxygens (including phenoxy) is 2. The lowest BCUT2D eigenvalue weighted by atomic mass is 9.73. The lowest BCUT2D eigenvalue weighted by Crippen LogP contribution is -2.58. The highest BCUT2D eigenvalue weighted by atomic mass is 16.5. The highest BCUT2D eigenvalue weighted by Crippen LogP contribution is 2.40. The Morgan fingerprint density at radius 3 is 3.09 bits per heavy atom. The number of nitrogens with zero attached hydrogens (tertiary/aromatic N) is 1. The van der Waals surface area contributed by atoms with E-state index in [1.54, 1.807) is 6.07 Å². The molecule has 0 aliphatic carbocycles. The first-order valence-electron chi connectivity index (χ1n) is 8.20.